The summed E-state index contributed by atoms with van der Waals surface area (Å²) >= 11 is 0. The van der Waals surface area contributed by atoms with Crippen LogP contribution in [0.3, 0.4) is 0 Å². The van der Waals surface area contributed by atoms with E-state index in [1.165, 1.54) is 12.8 Å². The van der Waals surface area contributed by atoms with Crippen molar-refractivity contribution in [1.29, 1.82) is 5.41 Å². The summed E-state index contributed by atoms with van der Waals surface area (Å²) in [6.45, 7) is 4.40. The number of hydrogen-bond donors (Lipinski definition) is 1. The molecule has 1 nitrogen and oxygen atoms in total. The Kier molecular flexibility index (Phi) is 1.89. The van der Waals surface area contributed by atoms with Crippen LogP contribution in [0.2, 0.25) is 0 Å². The second-order valence-corrected chi connectivity index (χ2v) is 3.31. The minimum atomic E-state index is 0.571. The zero-order valence-corrected chi connectivity index (χ0v) is 6.28. The molecule has 0 aromatic carbocycles. The molecule has 1 aliphatic carbocycles. The monoisotopic (exact) mass is 125 g/mol. The summed E-state index contributed by atoms with van der Waals surface area (Å²) in [5.41, 5.74) is 0.966. The zero-order valence-electron chi connectivity index (χ0n) is 6.28. The second-order valence-electron chi connectivity index (χ2n) is 3.31. The van der Waals surface area contributed by atoms with Gasteiger partial charge in [-0.3, -0.25) is 0 Å². The van der Waals surface area contributed by atoms with Gasteiger partial charge in [-0.2, -0.15) is 0 Å². The molecule has 2 unspecified atom stereocenters. The molecule has 1 N–H and O–H groups in total. The van der Waals surface area contributed by atoms with E-state index in [0.29, 0.717) is 5.92 Å². The van der Waals surface area contributed by atoms with Crippen molar-refractivity contribution in [1.82, 2.24) is 0 Å². The van der Waals surface area contributed by atoms with Gasteiger partial charge in [0.15, 0.2) is 0 Å². The van der Waals surface area contributed by atoms with Gasteiger partial charge in [0, 0.05) is 5.71 Å². The van der Waals surface area contributed by atoms with Crippen LogP contribution in [0.5, 0.6) is 0 Å². The van der Waals surface area contributed by atoms with Crippen molar-refractivity contribution in [3.8, 4) is 0 Å². The van der Waals surface area contributed by atoms with Crippen molar-refractivity contribution in [2.75, 3.05) is 0 Å². The first kappa shape index (κ1) is 6.79. The van der Waals surface area contributed by atoms with Crippen molar-refractivity contribution in [3.05, 3.63) is 0 Å². The summed E-state index contributed by atoms with van der Waals surface area (Å²) in [4.78, 5) is 0. The van der Waals surface area contributed by atoms with Crippen LogP contribution in [-0.4, -0.2) is 5.71 Å². The van der Waals surface area contributed by atoms with Crippen LogP contribution < -0.4 is 0 Å². The second kappa shape index (κ2) is 2.51. The van der Waals surface area contributed by atoms with E-state index < -0.39 is 0 Å². The molecule has 0 aromatic rings. The first-order valence-electron chi connectivity index (χ1n) is 3.77. The van der Waals surface area contributed by atoms with E-state index >= 15 is 0 Å². The lowest BCUT2D eigenvalue weighted by Gasteiger charge is -2.23. The third-order valence-corrected chi connectivity index (χ3v) is 2.26. The minimum absolute atomic E-state index is 0.571. The maximum atomic E-state index is 7.53. The molecular formula is C8H15N. The van der Waals surface area contributed by atoms with Crippen LogP contribution >= 0.6 is 0 Å². The Bertz CT molecular complexity index is 118. The van der Waals surface area contributed by atoms with Crippen LogP contribution in [0.25, 0.3) is 0 Å². The summed E-state index contributed by atoms with van der Waals surface area (Å²) in [5.74, 6) is 1.34. The van der Waals surface area contributed by atoms with Crippen LogP contribution in [0.1, 0.15) is 33.1 Å². The Balaban J connectivity index is 2.44. The fraction of sp³-hybridized carbons (Fsp3) is 0.875. The molecule has 0 spiro atoms. The predicted molar refractivity (Wildman–Crippen MR) is 39.9 cm³/mol. The van der Waals surface area contributed by atoms with Crippen molar-refractivity contribution < 1.29 is 0 Å². The average Bonchev–Trinajstić information content (AvgIpc) is 1.80. The van der Waals surface area contributed by atoms with E-state index in [9.17, 15) is 0 Å². The van der Waals surface area contributed by atoms with Crippen molar-refractivity contribution >= 4 is 5.71 Å². The van der Waals surface area contributed by atoms with Crippen molar-refractivity contribution in [2.24, 2.45) is 11.8 Å². The lowest BCUT2D eigenvalue weighted by Crippen LogP contribution is -2.20. The normalized spacial score (nSPS) is 36.9. The molecule has 0 amide bonds. The predicted octanol–water partition coefficient (Wildman–Crippen LogP) is 2.46. The molecule has 0 heterocycles. The topological polar surface area (TPSA) is 23.9 Å². The minimum Gasteiger partial charge on any atom is -0.309 e. The highest BCUT2D eigenvalue weighted by Gasteiger charge is 2.18. The Labute approximate surface area is 57.0 Å². The van der Waals surface area contributed by atoms with Crippen LogP contribution in [-0.2, 0) is 0 Å². The highest BCUT2D eigenvalue weighted by molar-refractivity contribution is 5.84. The maximum absolute atomic E-state index is 7.53. The number of hydrogen-bond acceptors (Lipinski definition) is 1. The Hall–Kier alpha value is -0.330. The van der Waals surface area contributed by atoms with Crippen molar-refractivity contribution in [2.45, 2.75) is 33.1 Å². The molecule has 52 valence electrons. The molecule has 1 aliphatic rings. The first-order valence-corrected chi connectivity index (χ1v) is 3.77. The molecule has 1 rings (SSSR count). The summed E-state index contributed by atoms with van der Waals surface area (Å²) in [5, 5.41) is 7.53. The lowest BCUT2D eigenvalue weighted by atomic mass is 9.82. The van der Waals surface area contributed by atoms with E-state index in [0.717, 1.165) is 18.1 Å². The fourth-order valence-corrected chi connectivity index (χ4v) is 1.39. The van der Waals surface area contributed by atoms with Gasteiger partial charge >= 0.3 is 0 Å². The van der Waals surface area contributed by atoms with Gasteiger partial charge in [0.25, 0.3) is 0 Å². The third kappa shape index (κ3) is 1.54. The summed E-state index contributed by atoms with van der Waals surface area (Å²) in [7, 11) is 0. The number of nitrogens with one attached hydrogen (secondary N) is 1. The summed E-state index contributed by atoms with van der Waals surface area (Å²) in [6.07, 6.45) is 3.60. The Morgan fingerprint density at radius 3 is 2.44 bits per heavy atom. The first-order chi connectivity index (χ1) is 4.20. The molecular weight excluding hydrogens is 110 g/mol. The lowest BCUT2D eigenvalue weighted by molar-refractivity contribution is 0.444. The SMILES string of the molecule is CC1CCC(C)C(=N)C1. The molecule has 0 bridgehead atoms. The van der Waals surface area contributed by atoms with Gasteiger partial charge in [-0.05, 0) is 31.1 Å². The zero-order chi connectivity index (χ0) is 6.85. The molecule has 2 atom stereocenters. The molecule has 9 heavy (non-hydrogen) atoms. The van der Waals surface area contributed by atoms with E-state index in [-0.39, 0.29) is 0 Å². The maximum Gasteiger partial charge on any atom is 0.0120 e. The van der Waals surface area contributed by atoms with Gasteiger partial charge < -0.3 is 5.41 Å². The fourth-order valence-electron chi connectivity index (χ4n) is 1.39. The summed E-state index contributed by atoms with van der Waals surface area (Å²) in [6, 6.07) is 0. The van der Waals surface area contributed by atoms with E-state index in [1.807, 2.05) is 0 Å². The summed E-state index contributed by atoms with van der Waals surface area (Å²) < 4.78 is 0. The third-order valence-electron chi connectivity index (χ3n) is 2.26. The quantitative estimate of drug-likeness (QED) is 0.514. The molecule has 1 heteroatoms. The van der Waals surface area contributed by atoms with Gasteiger partial charge in [-0.1, -0.05) is 13.8 Å². The van der Waals surface area contributed by atoms with Crippen LogP contribution in [0, 0.1) is 17.2 Å². The van der Waals surface area contributed by atoms with Gasteiger partial charge in [0.05, 0.1) is 0 Å². The largest absolute Gasteiger partial charge is 0.309 e. The van der Waals surface area contributed by atoms with E-state index in [4.69, 9.17) is 5.41 Å². The molecule has 0 radical (unpaired) electrons. The van der Waals surface area contributed by atoms with Gasteiger partial charge in [-0.15, -0.1) is 0 Å². The highest BCUT2D eigenvalue weighted by Crippen LogP contribution is 2.24. The van der Waals surface area contributed by atoms with E-state index in [2.05, 4.69) is 13.8 Å². The molecule has 0 aliphatic heterocycles. The highest BCUT2D eigenvalue weighted by atomic mass is 14.5. The smallest absolute Gasteiger partial charge is 0.0120 e. The van der Waals surface area contributed by atoms with Crippen molar-refractivity contribution in [3.63, 3.8) is 0 Å². The average molecular weight is 125 g/mol. The van der Waals surface area contributed by atoms with Gasteiger partial charge in [0.1, 0.15) is 0 Å². The van der Waals surface area contributed by atoms with Crippen LogP contribution in [0.15, 0.2) is 0 Å². The van der Waals surface area contributed by atoms with Crippen LogP contribution in [0.4, 0.5) is 0 Å². The van der Waals surface area contributed by atoms with E-state index in [1.54, 1.807) is 0 Å². The molecule has 1 fully saturated rings. The number of rotatable bonds is 0. The van der Waals surface area contributed by atoms with Gasteiger partial charge in [0.2, 0.25) is 0 Å². The Morgan fingerprint density at radius 1 is 1.33 bits per heavy atom. The van der Waals surface area contributed by atoms with Gasteiger partial charge in [-0.25, -0.2) is 0 Å². The standard InChI is InChI=1S/C8H15N/c1-6-3-4-7(2)8(9)5-6/h6-7,9H,3-5H2,1-2H3. The Morgan fingerprint density at radius 2 is 2.00 bits per heavy atom. The molecule has 0 aromatic heterocycles. The molecule has 1 saturated carbocycles. The molecule has 0 saturated heterocycles.